The van der Waals surface area contributed by atoms with Crippen molar-refractivity contribution >= 4 is 17.0 Å². The van der Waals surface area contributed by atoms with Gasteiger partial charge in [0.1, 0.15) is 0 Å². The third-order valence-electron chi connectivity index (χ3n) is 3.77. The molecule has 0 aliphatic heterocycles. The Hall–Kier alpha value is -1.46. The van der Waals surface area contributed by atoms with Gasteiger partial charge in [-0.1, -0.05) is 12.1 Å². The van der Waals surface area contributed by atoms with Crippen LogP contribution in [0.3, 0.4) is 0 Å². The molecule has 0 amide bonds. The number of nitrogens with one attached hydrogen (secondary N) is 1. The molecule has 3 N–H and O–H groups in total. The van der Waals surface area contributed by atoms with Gasteiger partial charge in [0.25, 0.3) is 5.56 Å². The molecular weight excluding hydrogens is 318 g/mol. The summed E-state index contributed by atoms with van der Waals surface area (Å²) in [6.07, 6.45) is 3.32. The van der Waals surface area contributed by atoms with Crippen molar-refractivity contribution in [3.8, 4) is 11.3 Å². The van der Waals surface area contributed by atoms with E-state index in [0.29, 0.717) is 5.92 Å². The number of nitrogens with two attached hydrogens (primary N) is 1. The first-order chi connectivity index (χ1) is 9.26. The number of H-pyrrole nitrogens is 1. The summed E-state index contributed by atoms with van der Waals surface area (Å²) in [6.45, 7) is 0.757. The van der Waals surface area contributed by atoms with Gasteiger partial charge in [-0.25, -0.2) is 5.10 Å². The summed E-state index contributed by atoms with van der Waals surface area (Å²) in [6, 6.07) is 9.70. The molecule has 1 aromatic heterocycles. The quantitative estimate of drug-likeness (QED) is 0.901. The minimum Gasteiger partial charge on any atom is -0.330 e. The number of benzene rings is 1. The monoisotopic (exact) mass is 335 g/mol. The Morgan fingerprint density at radius 1 is 1.20 bits per heavy atom. The molecule has 0 radical (unpaired) electrons. The number of halogens is 1. The molecular formula is C15H18BrN3O. The van der Waals surface area contributed by atoms with Crippen molar-refractivity contribution < 1.29 is 0 Å². The molecule has 4 nitrogen and oxygen atoms in total. The molecule has 3 rings (SSSR count). The maximum Gasteiger partial charge on any atom is 0.264 e. The van der Waals surface area contributed by atoms with Crippen LogP contribution in [-0.4, -0.2) is 16.7 Å². The zero-order chi connectivity index (χ0) is 13.2. The molecule has 5 heteroatoms. The molecule has 1 aliphatic rings. The van der Waals surface area contributed by atoms with Gasteiger partial charge < -0.3 is 5.73 Å². The van der Waals surface area contributed by atoms with E-state index in [2.05, 4.69) is 28.4 Å². The maximum absolute atomic E-state index is 11.0. The van der Waals surface area contributed by atoms with Gasteiger partial charge in [-0.15, -0.1) is 17.0 Å². The zero-order valence-electron chi connectivity index (χ0n) is 11.1. The fourth-order valence-corrected chi connectivity index (χ4v) is 2.81. The SMILES string of the molecule is Br.NCCC1Cc2ccc(-c3ccc(=O)[nH]n3)cc2C1. The fraction of sp³-hybridized carbons (Fsp3) is 0.333. The standard InChI is InChI=1S/C15H17N3O.BrH/c16-6-5-10-7-11-1-2-12(9-13(11)8-10)14-3-4-15(19)18-17-14;/h1-4,9-10H,5-8,16H2,(H,18,19);1H. The summed E-state index contributed by atoms with van der Waals surface area (Å²) in [5, 5.41) is 6.54. The van der Waals surface area contributed by atoms with Crippen LogP contribution >= 0.6 is 17.0 Å². The van der Waals surface area contributed by atoms with Crippen molar-refractivity contribution in [2.75, 3.05) is 6.54 Å². The molecule has 0 fully saturated rings. The van der Waals surface area contributed by atoms with Gasteiger partial charge in [0, 0.05) is 11.6 Å². The summed E-state index contributed by atoms with van der Waals surface area (Å²) < 4.78 is 0. The number of fused-ring (bicyclic) bond motifs is 1. The molecule has 0 bridgehead atoms. The third kappa shape index (κ3) is 2.99. The Kier molecular flexibility index (Phi) is 4.73. The van der Waals surface area contributed by atoms with Crippen LogP contribution in [0.4, 0.5) is 0 Å². The lowest BCUT2D eigenvalue weighted by atomic mass is 10.0. The van der Waals surface area contributed by atoms with Crippen LogP contribution in [0.15, 0.2) is 35.1 Å². The van der Waals surface area contributed by atoms with Crippen molar-refractivity contribution in [2.24, 2.45) is 11.7 Å². The number of aromatic nitrogens is 2. The first-order valence-corrected chi connectivity index (χ1v) is 6.64. The Morgan fingerprint density at radius 2 is 2.00 bits per heavy atom. The second kappa shape index (κ2) is 6.33. The van der Waals surface area contributed by atoms with Crippen molar-refractivity contribution in [1.29, 1.82) is 0 Å². The van der Waals surface area contributed by atoms with E-state index >= 15 is 0 Å². The van der Waals surface area contributed by atoms with E-state index in [-0.39, 0.29) is 22.5 Å². The molecule has 0 spiro atoms. The number of hydrogen-bond donors (Lipinski definition) is 2. The van der Waals surface area contributed by atoms with E-state index in [4.69, 9.17) is 5.73 Å². The number of nitrogens with zero attached hydrogens (tertiary/aromatic N) is 1. The zero-order valence-corrected chi connectivity index (χ0v) is 12.8. The van der Waals surface area contributed by atoms with E-state index in [0.717, 1.165) is 37.1 Å². The highest BCUT2D eigenvalue weighted by Crippen LogP contribution is 2.31. The Bertz CT molecular complexity index is 633. The summed E-state index contributed by atoms with van der Waals surface area (Å²) in [5.41, 5.74) is 10.1. The molecule has 0 saturated heterocycles. The summed E-state index contributed by atoms with van der Waals surface area (Å²) in [7, 11) is 0. The Balaban J connectivity index is 0.00000147. The fourth-order valence-electron chi connectivity index (χ4n) is 2.81. The van der Waals surface area contributed by atoms with E-state index in [1.807, 2.05) is 0 Å². The van der Waals surface area contributed by atoms with E-state index in [1.165, 1.54) is 17.2 Å². The van der Waals surface area contributed by atoms with E-state index in [9.17, 15) is 4.79 Å². The van der Waals surface area contributed by atoms with Gasteiger partial charge in [-0.05, 0) is 55.0 Å². The van der Waals surface area contributed by atoms with E-state index < -0.39 is 0 Å². The van der Waals surface area contributed by atoms with Gasteiger partial charge >= 0.3 is 0 Å². The summed E-state index contributed by atoms with van der Waals surface area (Å²) in [5.74, 6) is 0.679. The molecule has 20 heavy (non-hydrogen) atoms. The molecule has 106 valence electrons. The topological polar surface area (TPSA) is 71.8 Å². The van der Waals surface area contributed by atoms with Crippen LogP contribution in [0.5, 0.6) is 0 Å². The third-order valence-corrected chi connectivity index (χ3v) is 3.77. The highest BCUT2D eigenvalue weighted by atomic mass is 79.9. The Labute approximate surface area is 128 Å². The lowest BCUT2D eigenvalue weighted by molar-refractivity contribution is 0.522. The molecule has 1 unspecified atom stereocenters. The molecule has 1 atom stereocenters. The van der Waals surface area contributed by atoms with Gasteiger partial charge in [0.15, 0.2) is 0 Å². The lowest BCUT2D eigenvalue weighted by Crippen LogP contribution is -2.08. The van der Waals surface area contributed by atoms with Crippen molar-refractivity contribution in [1.82, 2.24) is 10.2 Å². The molecule has 0 saturated carbocycles. The predicted octanol–water partition coefficient (Wildman–Crippen LogP) is 2.08. The minimum atomic E-state index is -0.173. The summed E-state index contributed by atoms with van der Waals surface area (Å²) >= 11 is 0. The average molecular weight is 336 g/mol. The smallest absolute Gasteiger partial charge is 0.264 e. The van der Waals surface area contributed by atoms with Crippen LogP contribution in [0, 0.1) is 5.92 Å². The number of aromatic amines is 1. The van der Waals surface area contributed by atoms with Crippen LogP contribution in [0.25, 0.3) is 11.3 Å². The Morgan fingerprint density at radius 3 is 2.70 bits per heavy atom. The molecule has 1 aliphatic carbocycles. The van der Waals surface area contributed by atoms with Crippen LogP contribution < -0.4 is 11.3 Å². The van der Waals surface area contributed by atoms with Crippen molar-refractivity contribution in [2.45, 2.75) is 19.3 Å². The van der Waals surface area contributed by atoms with Gasteiger partial charge in [-0.2, -0.15) is 5.10 Å². The normalized spacial score (nSPS) is 16.6. The minimum absolute atomic E-state index is 0. The first kappa shape index (κ1) is 14.9. The highest BCUT2D eigenvalue weighted by Gasteiger charge is 2.21. The van der Waals surface area contributed by atoms with Crippen molar-refractivity contribution in [3.05, 3.63) is 51.8 Å². The maximum atomic E-state index is 11.0. The average Bonchev–Trinajstić information content (AvgIpc) is 2.81. The number of rotatable bonds is 3. The predicted molar refractivity (Wildman–Crippen MR) is 85.2 cm³/mol. The lowest BCUT2D eigenvalue weighted by Gasteiger charge is -2.04. The second-order valence-corrected chi connectivity index (χ2v) is 5.14. The number of hydrogen-bond acceptors (Lipinski definition) is 3. The van der Waals surface area contributed by atoms with Crippen molar-refractivity contribution in [3.63, 3.8) is 0 Å². The first-order valence-electron chi connectivity index (χ1n) is 6.64. The molecule has 2 aromatic rings. The van der Waals surface area contributed by atoms with Crippen LogP contribution in [0.2, 0.25) is 0 Å². The molecule has 1 aromatic carbocycles. The van der Waals surface area contributed by atoms with Gasteiger partial charge in [0.05, 0.1) is 5.69 Å². The van der Waals surface area contributed by atoms with Gasteiger partial charge in [0.2, 0.25) is 0 Å². The largest absolute Gasteiger partial charge is 0.330 e. The second-order valence-electron chi connectivity index (χ2n) is 5.14. The van der Waals surface area contributed by atoms with Crippen LogP contribution in [-0.2, 0) is 12.8 Å². The molecule has 1 heterocycles. The van der Waals surface area contributed by atoms with Gasteiger partial charge in [-0.3, -0.25) is 4.79 Å². The summed E-state index contributed by atoms with van der Waals surface area (Å²) in [4.78, 5) is 11.0. The van der Waals surface area contributed by atoms with E-state index in [1.54, 1.807) is 6.07 Å². The van der Waals surface area contributed by atoms with Crippen LogP contribution in [0.1, 0.15) is 17.5 Å². The highest BCUT2D eigenvalue weighted by molar-refractivity contribution is 8.93.